The molecule has 4 aliphatic carbocycles. The first kappa shape index (κ1) is 19.8. The summed E-state index contributed by atoms with van der Waals surface area (Å²) in [5, 5.41) is 14.9. The fraction of sp³-hybridized carbons (Fsp3) is 0.840. The molecular formula is C25H38N2O2. The number of aromatic nitrogens is 2. The van der Waals surface area contributed by atoms with E-state index in [1.807, 2.05) is 30.8 Å². The molecule has 4 heteroatoms. The van der Waals surface area contributed by atoms with Crippen LogP contribution in [-0.2, 0) is 4.79 Å². The molecule has 0 aromatic carbocycles. The summed E-state index contributed by atoms with van der Waals surface area (Å²) in [6.45, 7) is 6.51. The van der Waals surface area contributed by atoms with E-state index in [1.54, 1.807) is 6.20 Å². The number of fused-ring (bicyclic) bond motifs is 5. The van der Waals surface area contributed by atoms with E-state index < -0.39 is 5.60 Å². The smallest absolute Gasteiger partial charge is 0.160 e. The lowest BCUT2D eigenvalue weighted by Gasteiger charge is -2.57. The van der Waals surface area contributed by atoms with Crippen molar-refractivity contribution in [2.24, 2.45) is 40.9 Å². The van der Waals surface area contributed by atoms with Crippen molar-refractivity contribution in [2.75, 3.05) is 0 Å². The molecule has 0 amide bonds. The Balaban J connectivity index is 1.34. The highest BCUT2D eigenvalue weighted by atomic mass is 16.3. The quantitative estimate of drug-likeness (QED) is 0.777. The topological polar surface area (TPSA) is 55.1 Å². The van der Waals surface area contributed by atoms with Crippen LogP contribution in [0.15, 0.2) is 18.5 Å². The molecule has 0 unspecified atom stereocenters. The molecule has 4 fully saturated rings. The third-order valence-electron chi connectivity index (χ3n) is 9.91. The molecule has 0 saturated heterocycles. The highest BCUT2D eigenvalue weighted by molar-refractivity contribution is 5.85. The number of carbonyl (C=O) groups excluding carboxylic acids is 1. The first-order valence-corrected chi connectivity index (χ1v) is 12.1. The van der Waals surface area contributed by atoms with Crippen LogP contribution in [-0.4, -0.2) is 26.3 Å². The minimum absolute atomic E-state index is 0.153. The van der Waals surface area contributed by atoms with Crippen LogP contribution in [0, 0.1) is 40.9 Å². The van der Waals surface area contributed by atoms with Gasteiger partial charge in [-0.3, -0.25) is 9.48 Å². The number of nitrogens with zero attached hydrogens (tertiary/aromatic N) is 2. The molecule has 0 spiro atoms. The maximum atomic E-state index is 13.5. The molecule has 0 bridgehead atoms. The summed E-state index contributed by atoms with van der Waals surface area (Å²) in [6.07, 6.45) is 14.3. The SMILES string of the molecule is C[C@H](C(=O)[C@H]1CC[C@H]2[C@@H]3CC[C@@H]4C[C@](C)(O)CC[C@@H]4[C@H]3CC[C@]12C)n1cccn1. The van der Waals surface area contributed by atoms with Crippen LogP contribution in [0.2, 0.25) is 0 Å². The van der Waals surface area contributed by atoms with Crippen LogP contribution in [0.5, 0.6) is 0 Å². The van der Waals surface area contributed by atoms with E-state index in [2.05, 4.69) is 12.0 Å². The second-order valence-electron chi connectivity index (χ2n) is 11.4. The second-order valence-corrected chi connectivity index (χ2v) is 11.4. The van der Waals surface area contributed by atoms with Crippen LogP contribution in [0.1, 0.15) is 84.6 Å². The van der Waals surface area contributed by atoms with E-state index in [9.17, 15) is 9.90 Å². The Kier molecular flexibility index (Phi) is 4.73. The lowest BCUT2D eigenvalue weighted by Crippen LogP contribution is -2.51. The van der Waals surface area contributed by atoms with Crippen molar-refractivity contribution in [2.45, 2.75) is 90.2 Å². The third kappa shape index (κ3) is 3.12. The number of Topliss-reactive ketones (excluding diaryl/α,β-unsaturated/α-hetero) is 1. The summed E-state index contributed by atoms with van der Waals surface area (Å²) in [7, 11) is 0. The highest BCUT2D eigenvalue weighted by Crippen LogP contribution is 2.65. The zero-order valence-electron chi connectivity index (χ0n) is 18.4. The van der Waals surface area contributed by atoms with E-state index >= 15 is 0 Å². The summed E-state index contributed by atoms with van der Waals surface area (Å²) in [5.41, 5.74) is -0.267. The maximum Gasteiger partial charge on any atom is 0.160 e. The third-order valence-corrected chi connectivity index (χ3v) is 9.91. The largest absolute Gasteiger partial charge is 0.390 e. The van der Waals surface area contributed by atoms with Gasteiger partial charge in [0.05, 0.1) is 5.60 Å². The van der Waals surface area contributed by atoms with Gasteiger partial charge < -0.3 is 5.11 Å². The van der Waals surface area contributed by atoms with Gasteiger partial charge in [0.25, 0.3) is 0 Å². The Labute approximate surface area is 175 Å². The predicted octanol–water partition coefficient (Wildman–Crippen LogP) is 5.03. The van der Waals surface area contributed by atoms with E-state index in [4.69, 9.17) is 0 Å². The Morgan fingerprint density at radius 2 is 1.86 bits per heavy atom. The molecule has 0 aliphatic heterocycles. The van der Waals surface area contributed by atoms with Crippen molar-refractivity contribution in [1.29, 1.82) is 0 Å². The van der Waals surface area contributed by atoms with Crippen LogP contribution in [0.25, 0.3) is 0 Å². The zero-order valence-corrected chi connectivity index (χ0v) is 18.4. The normalized spacial score (nSPS) is 47.7. The van der Waals surface area contributed by atoms with Crippen molar-refractivity contribution < 1.29 is 9.90 Å². The standard InChI is InChI=1S/C25H38N2O2/c1-16(27-14-4-13-26-27)23(28)22-8-7-21-20-6-5-17-15-24(2,29)11-9-18(17)19(20)10-12-25(21,22)3/h4,13-14,16-22,29H,5-12,15H2,1-3H3/t16-,17-,18+,19-,20-,21+,22-,24-,25+/m1/s1. The molecule has 4 nitrogen and oxygen atoms in total. The fourth-order valence-corrected chi connectivity index (χ4v) is 8.48. The van der Waals surface area contributed by atoms with Crippen molar-refractivity contribution in [3.8, 4) is 0 Å². The Morgan fingerprint density at radius 1 is 1.07 bits per heavy atom. The maximum absolute atomic E-state index is 13.5. The summed E-state index contributed by atoms with van der Waals surface area (Å²) in [4.78, 5) is 13.5. The average Bonchev–Trinajstić information content (AvgIpc) is 3.33. The first-order chi connectivity index (χ1) is 13.8. The Bertz CT molecular complexity index is 757. The minimum atomic E-state index is -0.440. The van der Waals surface area contributed by atoms with Gasteiger partial charge in [-0.05, 0) is 113 Å². The summed E-state index contributed by atoms with van der Waals surface area (Å²) in [5.74, 6) is 4.48. The molecule has 1 aromatic rings. The van der Waals surface area contributed by atoms with Gasteiger partial charge in [0.15, 0.2) is 5.78 Å². The first-order valence-electron chi connectivity index (χ1n) is 12.1. The van der Waals surface area contributed by atoms with Crippen molar-refractivity contribution in [3.05, 3.63) is 18.5 Å². The molecule has 1 heterocycles. The van der Waals surface area contributed by atoms with Crippen molar-refractivity contribution in [3.63, 3.8) is 0 Å². The number of hydrogen-bond acceptors (Lipinski definition) is 3. The highest BCUT2D eigenvalue weighted by Gasteiger charge is 2.59. The monoisotopic (exact) mass is 398 g/mol. The van der Waals surface area contributed by atoms with Crippen LogP contribution in [0.4, 0.5) is 0 Å². The number of rotatable bonds is 3. The molecule has 5 rings (SSSR count). The minimum Gasteiger partial charge on any atom is -0.390 e. The van der Waals surface area contributed by atoms with E-state index in [1.165, 1.54) is 38.5 Å². The molecule has 4 saturated carbocycles. The van der Waals surface area contributed by atoms with Gasteiger partial charge in [0.2, 0.25) is 0 Å². The Hall–Kier alpha value is -1.16. The molecule has 9 atom stereocenters. The van der Waals surface area contributed by atoms with E-state index in [0.29, 0.717) is 11.7 Å². The lowest BCUT2D eigenvalue weighted by atomic mass is 9.49. The number of carbonyl (C=O) groups is 1. The van der Waals surface area contributed by atoms with Crippen LogP contribution in [0.3, 0.4) is 0 Å². The number of ketones is 1. The summed E-state index contributed by atoms with van der Waals surface area (Å²) >= 11 is 0. The molecule has 4 aliphatic rings. The van der Waals surface area contributed by atoms with Gasteiger partial charge >= 0.3 is 0 Å². The molecule has 1 aromatic heterocycles. The molecule has 29 heavy (non-hydrogen) atoms. The van der Waals surface area contributed by atoms with Gasteiger partial charge in [0.1, 0.15) is 6.04 Å². The van der Waals surface area contributed by atoms with Crippen molar-refractivity contribution in [1.82, 2.24) is 9.78 Å². The second kappa shape index (κ2) is 6.93. The number of hydrogen-bond donors (Lipinski definition) is 1. The fourth-order valence-electron chi connectivity index (χ4n) is 8.48. The van der Waals surface area contributed by atoms with Crippen molar-refractivity contribution >= 4 is 5.78 Å². The molecule has 160 valence electrons. The zero-order chi connectivity index (χ0) is 20.4. The molecule has 0 radical (unpaired) electrons. The van der Waals surface area contributed by atoms with Gasteiger partial charge in [0, 0.05) is 18.3 Å². The summed E-state index contributed by atoms with van der Waals surface area (Å²) in [6, 6.07) is 1.76. The van der Waals surface area contributed by atoms with E-state index in [0.717, 1.165) is 42.9 Å². The van der Waals surface area contributed by atoms with E-state index in [-0.39, 0.29) is 17.4 Å². The number of aliphatic hydroxyl groups is 1. The molecular weight excluding hydrogens is 360 g/mol. The lowest BCUT2D eigenvalue weighted by molar-refractivity contribution is -0.135. The van der Waals surface area contributed by atoms with Crippen LogP contribution < -0.4 is 0 Å². The van der Waals surface area contributed by atoms with Gasteiger partial charge in [-0.15, -0.1) is 0 Å². The Morgan fingerprint density at radius 3 is 2.62 bits per heavy atom. The van der Waals surface area contributed by atoms with Gasteiger partial charge in [-0.2, -0.15) is 5.10 Å². The van der Waals surface area contributed by atoms with Gasteiger partial charge in [-0.1, -0.05) is 6.92 Å². The van der Waals surface area contributed by atoms with Gasteiger partial charge in [-0.25, -0.2) is 0 Å². The summed E-state index contributed by atoms with van der Waals surface area (Å²) < 4.78 is 1.84. The predicted molar refractivity (Wildman–Crippen MR) is 113 cm³/mol. The van der Waals surface area contributed by atoms with Crippen LogP contribution >= 0.6 is 0 Å². The molecule has 1 N–H and O–H groups in total. The average molecular weight is 399 g/mol.